The molecule has 1 unspecified atom stereocenters. The Labute approximate surface area is 167 Å². The molecule has 2 N–H and O–H groups in total. The molecule has 8 nitrogen and oxygen atoms in total. The summed E-state index contributed by atoms with van der Waals surface area (Å²) in [7, 11) is 0. The molecule has 0 bridgehead atoms. The van der Waals surface area contributed by atoms with Crippen LogP contribution in [0.2, 0.25) is 0 Å². The van der Waals surface area contributed by atoms with Crippen molar-refractivity contribution in [3.63, 3.8) is 0 Å². The van der Waals surface area contributed by atoms with Gasteiger partial charge < -0.3 is 24.5 Å². The summed E-state index contributed by atoms with van der Waals surface area (Å²) >= 11 is 0. The molecular weight excluding hydrogens is 376 g/mol. The van der Waals surface area contributed by atoms with Crippen LogP contribution in [0.1, 0.15) is 42.4 Å². The van der Waals surface area contributed by atoms with Crippen LogP contribution in [0.15, 0.2) is 58.3 Å². The summed E-state index contributed by atoms with van der Waals surface area (Å²) in [6, 6.07) is 8.74. The van der Waals surface area contributed by atoms with Crippen molar-refractivity contribution in [3.05, 3.63) is 65.3 Å². The van der Waals surface area contributed by atoms with Gasteiger partial charge in [0.15, 0.2) is 5.78 Å². The third-order valence-electron chi connectivity index (χ3n) is 4.36. The Hall–Kier alpha value is -3.55. The van der Waals surface area contributed by atoms with E-state index >= 15 is 0 Å². The van der Waals surface area contributed by atoms with Gasteiger partial charge in [-0.1, -0.05) is 6.92 Å². The van der Waals surface area contributed by atoms with Gasteiger partial charge in [0.1, 0.15) is 24.2 Å². The average Bonchev–Trinajstić information content (AvgIpc) is 3.26. The number of furan rings is 1. The quantitative estimate of drug-likeness (QED) is 0.523. The Balaban J connectivity index is 1.86. The average molecular weight is 398 g/mol. The second-order valence-electron chi connectivity index (χ2n) is 6.25. The molecular formula is C21H22N2O6. The maximum Gasteiger partial charge on any atom is 0.338 e. The SMILES string of the molecule is CCOC(=O)C1=C(COc2ccc(C(=O)CC)cc2)NC(=O)NC1c1ccco1. The number of ketones is 1. The van der Waals surface area contributed by atoms with E-state index in [2.05, 4.69) is 10.6 Å². The number of nitrogens with one attached hydrogen (secondary N) is 2. The minimum absolute atomic E-state index is 0.0377. The van der Waals surface area contributed by atoms with E-state index in [0.29, 0.717) is 23.5 Å². The van der Waals surface area contributed by atoms with Gasteiger partial charge in [-0.2, -0.15) is 0 Å². The molecule has 8 heteroatoms. The van der Waals surface area contributed by atoms with Crippen molar-refractivity contribution in [3.8, 4) is 5.75 Å². The first-order valence-electron chi connectivity index (χ1n) is 9.30. The first-order chi connectivity index (χ1) is 14.0. The lowest BCUT2D eigenvalue weighted by atomic mass is 10.0. The van der Waals surface area contributed by atoms with Gasteiger partial charge in [-0.05, 0) is 43.3 Å². The van der Waals surface area contributed by atoms with Crippen LogP contribution in [0.3, 0.4) is 0 Å². The molecule has 152 valence electrons. The number of rotatable bonds is 8. The van der Waals surface area contributed by atoms with Crippen LogP contribution >= 0.6 is 0 Å². The minimum atomic E-state index is -0.791. The second kappa shape index (κ2) is 9.09. The monoisotopic (exact) mass is 398 g/mol. The summed E-state index contributed by atoms with van der Waals surface area (Å²) in [6.07, 6.45) is 1.88. The van der Waals surface area contributed by atoms with Gasteiger partial charge >= 0.3 is 12.0 Å². The van der Waals surface area contributed by atoms with Gasteiger partial charge in [0.05, 0.1) is 24.1 Å². The van der Waals surface area contributed by atoms with Crippen molar-refractivity contribution < 1.29 is 28.3 Å². The summed E-state index contributed by atoms with van der Waals surface area (Å²) in [5, 5.41) is 5.28. The number of benzene rings is 1. The van der Waals surface area contributed by atoms with Crippen LogP contribution in [0.4, 0.5) is 4.79 Å². The Morgan fingerprint density at radius 2 is 1.90 bits per heavy atom. The molecule has 3 rings (SSSR count). The maximum absolute atomic E-state index is 12.6. The molecule has 2 aromatic rings. The van der Waals surface area contributed by atoms with Crippen molar-refractivity contribution in [1.29, 1.82) is 0 Å². The Morgan fingerprint density at radius 3 is 2.52 bits per heavy atom. The number of amides is 2. The molecule has 1 aromatic carbocycles. The predicted molar refractivity (Wildman–Crippen MR) is 103 cm³/mol. The zero-order valence-corrected chi connectivity index (χ0v) is 16.2. The van der Waals surface area contributed by atoms with E-state index in [0.717, 1.165) is 0 Å². The zero-order chi connectivity index (χ0) is 20.8. The second-order valence-corrected chi connectivity index (χ2v) is 6.25. The van der Waals surface area contributed by atoms with Gasteiger partial charge in [-0.3, -0.25) is 4.79 Å². The van der Waals surface area contributed by atoms with E-state index in [1.54, 1.807) is 50.2 Å². The Bertz CT molecular complexity index is 915. The van der Waals surface area contributed by atoms with Crippen molar-refractivity contribution in [2.75, 3.05) is 13.2 Å². The standard InChI is InChI=1S/C21H22N2O6/c1-3-16(24)13-7-9-14(10-8-13)29-12-15-18(20(25)27-4-2)19(23-21(26)22-15)17-6-5-11-28-17/h5-11,19H,3-4,12H2,1-2H3,(H2,22,23,26). The molecule has 0 aliphatic carbocycles. The van der Waals surface area contributed by atoms with E-state index in [-0.39, 0.29) is 30.3 Å². The van der Waals surface area contributed by atoms with E-state index in [4.69, 9.17) is 13.9 Å². The largest absolute Gasteiger partial charge is 0.487 e. The number of urea groups is 1. The van der Waals surface area contributed by atoms with Gasteiger partial charge in [0.25, 0.3) is 0 Å². The van der Waals surface area contributed by atoms with Crippen molar-refractivity contribution in [2.45, 2.75) is 26.3 Å². The van der Waals surface area contributed by atoms with E-state index in [9.17, 15) is 14.4 Å². The molecule has 29 heavy (non-hydrogen) atoms. The fraction of sp³-hybridized carbons (Fsp3) is 0.286. The van der Waals surface area contributed by atoms with Crippen LogP contribution < -0.4 is 15.4 Å². The molecule has 0 fully saturated rings. The number of carbonyl (C=O) groups is 3. The highest BCUT2D eigenvalue weighted by atomic mass is 16.5. The molecule has 2 heterocycles. The highest BCUT2D eigenvalue weighted by Gasteiger charge is 2.35. The first-order valence-corrected chi connectivity index (χ1v) is 9.30. The third kappa shape index (κ3) is 4.66. The summed E-state index contributed by atoms with van der Waals surface area (Å²) in [4.78, 5) is 36.4. The van der Waals surface area contributed by atoms with Gasteiger partial charge in [0.2, 0.25) is 0 Å². The minimum Gasteiger partial charge on any atom is -0.487 e. The maximum atomic E-state index is 12.6. The van der Waals surface area contributed by atoms with Gasteiger partial charge in [-0.15, -0.1) is 0 Å². The summed E-state index contributed by atoms with van der Waals surface area (Å²) < 4.78 is 16.3. The number of ether oxygens (including phenoxy) is 2. The van der Waals surface area contributed by atoms with Crippen LogP contribution in [-0.2, 0) is 9.53 Å². The molecule has 1 aliphatic rings. The lowest BCUT2D eigenvalue weighted by molar-refractivity contribution is -0.139. The molecule has 0 spiro atoms. The fourth-order valence-corrected chi connectivity index (χ4v) is 2.95. The van der Waals surface area contributed by atoms with Crippen molar-refractivity contribution in [1.82, 2.24) is 10.6 Å². The van der Waals surface area contributed by atoms with E-state index in [1.165, 1.54) is 6.26 Å². The molecule has 1 atom stereocenters. The van der Waals surface area contributed by atoms with E-state index < -0.39 is 18.0 Å². The molecule has 0 saturated carbocycles. The fourth-order valence-electron chi connectivity index (χ4n) is 2.95. The topological polar surface area (TPSA) is 107 Å². The number of Topliss-reactive ketones (excluding diaryl/α,β-unsaturated/α-hetero) is 1. The number of hydrogen-bond acceptors (Lipinski definition) is 6. The Kier molecular flexibility index (Phi) is 6.33. The van der Waals surface area contributed by atoms with Gasteiger partial charge in [0, 0.05) is 12.0 Å². The van der Waals surface area contributed by atoms with E-state index in [1.807, 2.05) is 0 Å². The molecule has 1 aliphatic heterocycles. The summed E-state index contributed by atoms with van der Waals surface area (Å²) in [6.45, 7) is 3.61. The lowest BCUT2D eigenvalue weighted by Crippen LogP contribution is -2.47. The predicted octanol–water partition coefficient (Wildman–Crippen LogP) is 3.12. The molecule has 1 aromatic heterocycles. The van der Waals surface area contributed by atoms with Crippen molar-refractivity contribution >= 4 is 17.8 Å². The van der Waals surface area contributed by atoms with Crippen LogP contribution in [0.25, 0.3) is 0 Å². The van der Waals surface area contributed by atoms with Crippen LogP contribution in [-0.4, -0.2) is 31.0 Å². The normalized spacial score (nSPS) is 16.1. The highest BCUT2D eigenvalue weighted by molar-refractivity contribution is 5.96. The van der Waals surface area contributed by atoms with Gasteiger partial charge in [-0.25, -0.2) is 9.59 Å². The molecule has 0 radical (unpaired) electrons. The van der Waals surface area contributed by atoms with Crippen LogP contribution in [0.5, 0.6) is 5.75 Å². The summed E-state index contributed by atoms with van der Waals surface area (Å²) in [5.41, 5.74) is 1.08. The zero-order valence-electron chi connectivity index (χ0n) is 16.2. The molecule has 2 amide bonds. The number of carbonyl (C=O) groups excluding carboxylic acids is 3. The lowest BCUT2D eigenvalue weighted by Gasteiger charge is -2.27. The first kappa shape index (κ1) is 20.2. The smallest absolute Gasteiger partial charge is 0.338 e. The Morgan fingerprint density at radius 1 is 1.14 bits per heavy atom. The highest BCUT2D eigenvalue weighted by Crippen LogP contribution is 2.28. The third-order valence-corrected chi connectivity index (χ3v) is 4.36. The molecule has 0 saturated heterocycles. The van der Waals surface area contributed by atoms with Crippen LogP contribution in [0, 0.1) is 0 Å². The van der Waals surface area contributed by atoms with Crippen molar-refractivity contribution in [2.24, 2.45) is 0 Å². The summed E-state index contributed by atoms with van der Waals surface area (Å²) in [5.74, 6) is 0.359. The number of hydrogen-bond donors (Lipinski definition) is 2. The number of esters is 1.